The molecule has 1 heterocycles. The first kappa shape index (κ1) is 14.5. The van der Waals surface area contributed by atoms with E-state index in [1.54, 1.807) is 6.08 Å². The van der Waals surface area contributed by atoms with Gasteiger partial charge in [-0.05, 0) is 20.3 Å². The zero-order valence-corrected chi connectivity index (χ0v) is 11.1. The minimum Gasteiger partial charge on any atom is -0.437 e. The summed E-state index contributed by atoms with van der Waals surface area (Å²) in [5.41, 5.74) is 2.20. The Balaban J connectivity index is 2.98. The minimum absolute atomic E-state index is 0.221. The van der Waals surface area contributed by atoms with Gasteiger partial charge in [0.15, 0.2) is 6.67 Å². The van der Waals surface area contributed by atoms with Crippen LogP contribution in [0.5, 0.6) is 0 Å². The molecule has 0 amide bonds. The maximum absolute atomic E-state index is 13.6. The van der Waals surface area contributed by atoms with E-state index in [0.29, 0.717) is 0 Å². The second-order valence-corrected chi connectivity index (χ2v) is 4.15. The second kappa shape index (κ2) is 5.89. The Morgan fingerprint density at radius 3 is 2.67 bits per heavy atom. The van der Waals surface area contributed by atoms with Gasteiger partial charge in [0, 0.05) is 18.3 Å². The van der Waals surface area contributed by atoms with E-state index >= 15 is 0 Å². The first-order valence-corrected chi connectivity index (χ1v) is 6.02. The lowest BCUT2D eigenvalue weighted by Crippen LogP contribution is -2.37. The van der Waals surface area contributed by atoms with Crippen molar-refractivity contribution in [3.8, 4) is 0 Å². The molecule has 0 spiro atoms. The fraction of sp³-hybridized carbons (Fsp3) is 0.538. The van der Waals surface area contributed by atoms with Gasteiger partial charge >= 0.3 is 5.98 Å². The maximum Gasteiger partial charge on any atom is 0.358 e. The number of ether oxygens (including phenoxy) is 1. The summed E-state index contributed by atoms with van der Waals surface area (Å²) in [5.74, 6) is -2.26. The van der Waals surface area contributed by atoms with Crippen LogP contribution in [0.25, 0.3) is 0 Å². The number of rotatable bonds is 5. The molecule has 2 N–H and O–H groups in total. The lowest BCUT2D eigenvalue weighted by Gasteiger charge is -2.14. The molecule has 0 bridgehead atoms. The molecule has 0 saturated carbocycles. The smallest absolute Gasteiger partial charge is 0.358 e. The van der Waals surface area contributed by atoms with Crippen molar-refractivity contribution in [3.63, 3.8) is 0 Å². The van der Waals surface area contributed by atoms with Gasteiger partial charge in [0.05, 0.1) is 5.70 Å². The van der Waals surface area contributed by atoms with E-state index in [1.807, 2.05) is 20.8 Å². The van der Waals surface area contributed by atoms with E-state index in [4.69, 9.17) is 4.74 Å². The number of nitrogens with one attached hydrogen (secondary N) is 2. The highest BCUT2D eigenvalue weighted by molar-refractivity contribution is 5.35. The molecule has 5 heteroatoms. The van der Waals surface area contributed by atoms with Crippen LogP contribution >= 0.6 is 0 Å². The van der Waals surface area contributed by atoms with Gasteiger partial charge in [0.2, 0.25) is 0 Å². The molecule has 0 radical (unpaired) electrons. The van der Waals surface area contributed by atoms with Crippen LogP contribution in [0.15, 0.2) is 35.4 Å². The molecule has 1 aliphatic rings. The molecule has 1 saturated heterocycles. The second-order valence-electron chi connectivity index (χ2n) is 4.15. The largest absolute Gasteiger partial charge is 0.437 e. The van der Waals surface area contributed by atoms with Crippen LogP contribution < -0.4 is 10.6 Å². The van der Waals surface area contributed by atoms with Gasteiger partial charge in [0.25, 0.3) is 0 Å². The predicted molar refractivity (Wildman–Crippen MR) is 67.9 cm³/mol. The number of hydrogen-bond acceptors (Lipinski definition) is 3. The Bertz CT molecular complexity index is 390. The summed E-state index contributed by atoms with van der Waals surface area (Å²) in [4.78, 5) is 0. The van der Waals surface area contributed by atoms with E-state index in [0.717, 1.165) is 24.2 Å². The SMILES string of the molecule is C=C1NC(F)(CF)O/C1=C/C(NCC)=C(\C)CC. The lowest BCUT2D eigenvalue weighted by molar-refractivity contribution is -0.113. The Hall–Kier alpha value is -1.52. The van der Waals surface area contributed by atoms with E-state index in [9.17, 15) is 8.78 Å². The van der Waals surface area contributed by atoms with Crippen LogP contribution in [0.3, 0.4) is 0 Å². The summed E-state index contributed by atoms with van der Waals surface area (Å²) < 4.78 is 31.0. The van der Waals surface area contributed by atoms with Crippen molar-refractivity contribution in [3.05, 3.63) is 35.4 Å². The highest BCUT2D eigenvalue weighted by Gasteiger charge is 2.40. The van der Waals surface area contributed by atoms with E-state index < -0.39 is 12.7 Å². The molecule has 0 aromatic heterocycles. The fourth-order valence-corrected chi connectivity index (χ4v) is 1.56. The Morgan fingerprint density at radius 1 is 1.56 bits per heavy atom. The molecule has 1 aliphatic heterocycles. The van der Waals surface area contributed by atoms with E-state index in [2.05, 4.69) is 17.2 Å². The van der Waals surface area contributed by atoms with Crippen molar-refractivity contribution >= 4 is 0 Å². The molecule has 1 unspecified atom stereocenters. The predicted octanol–water partition coefficient (Wildman–Crippen LogP) is 2.89. The zero-order chi connectivity index (χ0) is 13.8. The first-order valence-electron chi connectivity index (χ1n) is 6.02. The van der Waals surface area contributed by atoms with E-state index in [1.165, 1.54) is 0 Å². The van der Waals surface area contributed by atoms with Gasteiger partial charge in [-0.1, -0.05) is 19.1 Å². The van der Waals surface area contributed by atoms with Crippen molar-refractivity contribution in [2.45, 2.75) is 33.2 Å². The van der Waals surface area contributed by atoms with Crippen LogP contribution in [-0.4, -0.2) is 19.2 Å². The number of alkyl halides is 2. The first-order chi connectivity index (χ1) is 8.45. The zero-order valence-electron chi connectivity index (χ0n) is 11.1. The Labute approximate surface area is 107 Å². The average molecular weight is 258 g/mol. The highest BCUT2D eigenvalue weighted by atomic mass is 19.2. The van der Waals surface area contributed by atoms with Crippen molar-refractivity contribution in [1.82, 2.24) is 10.6 Å². The third kappa shape index (κ3) is 3.24. The summed E-state index contributed by atoms with van der Waals surface area (Å²) in [6, 6.07) is 0. The summed E-state index contributed by atoms with van der Waals surface area (Å²) in [5, 5.41) is 5.42. The van der Waals surface area contributed by atoms with E-state index in [-0.39, 0.29) is 11.5 Å². The van der Waals surface area contributed by atoms with Crippen molar-refractivity contribution in [1.29, 1.82) is 0 Å². The number of allylic oxidation sites excluding steroid dienone is 2. The molecule has 1 rings (SSSR count). The normalized spacial score (nSPS) is 26.7. The average Bonchev–Trinajstić information content (AvgIpc) is 2.64. The van der Waals surface area contributed by atoms with Crippen molar-refractivity contribution in [2.24, 2.45) is 0 Å². The van der Waals surface area contributed by atoms with Crippen molar-refractivity contribution < 1.29 is 13.5 Å². The standard InChI is InChI=1S/C13H20F2N2O/c1-5-9(3)11(16-6-2)7-12-10(4)17-13(15,8-14)18-12/h7,16-17H,4-6,8H2,1-3H3/b11-9-,12-7+. The van der Waals surface area contributed by atoms with Crippen LogP contribution in [0.1, 0.15) is 27.2 Å². The monoisotopic (exact) mass is 258 g/mol. The van der Waals surface area contributed by atoms with Crippen LogP contribution in [0.2, 0.25) is 0 Å². The lowest BCUT2D eigenvalue weighted by atomic mass is 10.1. The summed E-state index contributed by atoms with van der Waals surface area (Å²) in [7, 11) is 0. The molecule has 1 atom stereocenters. The molecule has 18 heavy (non-hydrogen) atoms. The Kier molecular flexibility index (Phi) is 4.76. The number of halogens is 2. The van der Waals surface area contributed by atoms with Crippen LogP contribution in [0, 0.1) is 0 Å². The minimum atomic E-state index is -2.49. The summed E-state index contributed by atoms with van der Waals surface area (Å²) >= 11 is 0. The quantitative estimate of drug-likeness (QED) is 0.744. The van der Waals surface area contributed by atoms with Crippen LogP contribution in [0.4, 0.5) is 8.78 Å². The molecule has 1 fully saturated rings. The van der Waals surface area contributed by atoms with Gasteiger partial charge in [0.1, 0.15) is 5.76 Å². The summed E-state index contributed by atoms with van der Waals surface area (Å²) in [6.07, 6.45) is 2.50. The third-order valence-electron chi connectivity index (χ3n) is 2.71. The molecule has 0 aromatic carbocycles. The van der Waals surface area contributed by atoms with Gasteiger partial charge in [-0.2, -0.15) is 4.39 Å². The number of hydrogen-bond donors (Lipinski definition) is 2. The van der Waals surface area contributed by atoms with Gasteiger partial charge < -0.3 is 15.4 Å². The maximum atomic E-state index is 13.6. The fourth-order valence-electron chi connectivity index (χ4n) is 1.56. The molecule has 102 valence electrons. The molecule has 3 nitrogen and oxygen atoms in total. The van der Waals surface area contributed by atoms with Crippen molar-refractivity contribution in [2.75, 3.05) is 13.2 Å². The molecular weight excluding hydrogens is 238 g/mol. The molecule has 0 aliphatic carbocycles. The molecule has 0 aromatic rings. The van der Waals surface area contributed by atoms with Gasteiger partial charge in [-0.15, -0.1) is 0 Å². The Morgan fingerprint density at radius 2 is 2.22 bits per heavy atom. The summed E-state index contributed by atoms with van der Waals surface area (Å²) in [6.45, 7) is 9.04. The van der Waals surface area contributed by atoms with Crippen LogP contribution in [-0.2, 0) is 4.74 Å². The highest BCUT2D eigenvalue weighted by Crippen LogP contribution is 2.29. The van der Waals surface area contributed by atoms with Gasteiger partial charge in [-0.3, -0.25) is 0 Å². The third-order valence-corrected chi connectivity index (χ3v) is 2.71. The van der Waals surface area contributed by atoms with Gasteiger partial charge in [-0.25, -0.2) is 4.39 Å². The number of likely N-dealkylation sites (N-methyl/N-ethyl adjacent to an activating group) is 1. The molecular formula is C13H20F2N2O. The topological polar surface area (TPSA) is 33.3 Å².